The van der Waals surface area contributed by atoms with Crippen molar-refractivity contribution in [1.29, 1.82) is 0 Å². The SMILES string of the molecule is COc1cccc(N(C(=O)c2ccc(C)cc2)C2CCN(Cc3ccsc3)CC2)c1. The van der Waals surface area contributed by atoms with E-state index in [1.165, 1.54) is 5.56 Å². The Balaban J connectivity index is 1.56. The van der Waals surface area contributed by atoms with Crippen molar-refractivity contribution in [3.63, 3.8) is 0 Å². The highest BCUT2D eigenvalue weighted by Crippen LogP contribution is 2.29. The number of carbonyl (C=O) groups excluding carboxylic acids is 1. The van der Waals surface area contributed by atoms with E-state index in [0.717, 1.165) is 55.0 Å². The summed E-state index contributed by atoms with van der Waals surface area (Å²) in [6.45, 7) is 5.00. The predicted octanol–water partition coefficient (Wildman–Crippen LogP) is 5.38. The molecule has 0 N–H and O–H groups in total. The monoisotopic (exact) mass is 420 g/mol. The van der Waals surface area contributed by atoms with E-state index in [2.05, 4.69) is 21.7 Å². The molecule has 0 saturated carbocycles. The Morgan fingerprint density at radius 2 is 1.90 bits per heavy atom. The number of nitrogens with zero attached hydrogens (tertiary/aromatic N) is 2. The minimum Gasteiger partial charge on any atom is -0.497 e. The van der Waals surface area contributed by atoms with Crippen molar-refractivity contribution < 1.29 is 9.53 Å². The molecule has 3 aromatic rings. The zero-order valence-corrected chi connectivity index (χ0v) is 18.4. The molecule has 30 heavy (non-hydrogen) atoms. The maximum absolute atomic E-state index is 13.6. The molecule has 0 atom stereocenters. The smallest absolute Gasteiger partial charge is 0.258 e. The van der Waals surface area contributed by atoms with Crippen LogP contribution in [-0.2, 0) is 6.54 Å². The number of aryl methyl sites for hydroxylation is 1. The van der Waals surface area contributed by atoms with Crippen molar-refractivity contribution in [2.75, 3.05) is 25.1 Å². The number of amides is 1. The predicted molar refractivity (Wildman–Crippen MR) is 124 cm³/mol. The van der Waals surface area contributed by atoms with E-state index >= 15 is 0 Å². The van der Waals surface area contributed by atoms with Crippen LogP contribution < -0.4 is 9.64 Å². The number of methoxy groups -OCH3 is 1. The van der Waals surface area contributed by atoms with Gasteiger partial charge in [-0.1, -0.05) is 23.8 Å². The molecule has 1 amide bonds. The summed E-state index contributed by atoms with van der Waals surface area (Å²) in [4.78, 5) is 18.0. The first kappa shape index (κ1) is 20.6. The standard InChI is InChI=1S/C25H28N2O2S/c1-19-6-8-21(9-7-19)25(28)27(23-4-3-5-24(16-23)29-2)22-10-13-26(14-11-22)17-20-12-15-30-18-20/h3-9,12,15-16,18,22H,10-11,13-14,17H2,1-2H3. The summed E-state index contributed by atoms with van der Waals surface area (Å²) >= 11 is 1.75. The minimum absolute atomic E-state index is 0.0551. The first-order valence-electron chi connectivity index (χ1n) is 10.4. The molecule has 0 unspecified atom stereocenters. The van der Waals surface area contributed by atoms with Crippen LogP contribution in [0.1, 0.15) is 34.3 Å². The number of anilines is 1. The molecule has 1 aliphatic heterocycles. The molecule has 0 spiro atoms. The van der Waals surface area contributed by atoms with Crippen molar-refractivity contribution in [3.8, 4) is 5.75 Å². The lowest BCUT2D eigenvalue weighted by Gasteiger charge is -2.38. The molecule has 0 bridgehead atoms. The van der Waals surface area contributed by atoms with Gasteiger partial charge < -0.3 is 9.64 Å². The number of carbonyl (C=O) groups is 1. The van der Waals surface area contributed by atoms with E-state index in [9.17, 15) is 4.79 Å². The topological polar surface area (TPSA) is 32.8 Å². The first-order valence-corrected chi connectivity index (χ1v) is 11.4. The van der Waals surface area contributed by atoms with Crippen molar-refractivity contribution in [2.24, 2.45) is 0 Å². The van der Waals surface area contributed by atoms with Gasteiger partial charge in [-0.25, -0.2) is 0 Å². The number of thiophene rings is 1. The zero-order valence-electron chi connectivity index (χ0n) is 17.6. The molecule has 1 fully saturated rings. The molecule has 0 radical (unpaired) electrons. The second-order valence-electron chi connectivity index (χ2n) is 7.88. The fraction of sp³-hybridized carbons (Fsp3) is 0.320. The van der Waals surface area contributed by atoms with E-state index in [4.69, 9.17) is 4.74 Å². The van der Waals surface area contributed by atoms with Crippen LogP contribution in [0.3, 0.4) is 0 Å². The van der Waals surface area contributed by atoms with Crippen LogP contribution in [0.4, 0.5) is 5.69 Å². The third kappa shape index (κ3) is 4.74. The van der Waals surface area contributed by atoms with E-state index < -0.39 is 0 Å². The Labute approximate surface area is 182 Å². The molecular formula is C25H28N2O2S. The summed E-state index contributed by atoms with van der Waals surface area (Å²) in [6, 6.07) is 18.1. The molecule has 1 saturated heterocycles. The van der Waals surface area contributed by atoms with Crippen LogP contribution in [0.15, 0.2) is 65.4 Å². The highest BCUT2D eigenvalue weighted by atomic mass is 32.1. The maximum atomic E-state index is 13.6. The lowest BCUT2D eigenvalue weighted by atomic mass is 10.00. The summed E-state index contributed by atoms with van der Waals surface area (Å²) in [6.07, 6.45) is 1.91. The number of ether oxygens (including phenoxy) is 1. The second-order valence-corrected chi connectivity index (χ2v) is 8.66. The van der Waals surface area contributed by atoms with E-state index in [1.807, 2.05) is 60.4 Å². The van der Waals surface area contributed by atoms with Crippen molar-refractivity contribution in [1.82, 2.24) is 4.90 Å². The molecule has 156 valence electrons. The molecule has 0 aliphatic carbocycles. The van der Waals surface area contributed by atoms with Crippen LogP contribution in [0, 0.1) is 6.92 Å². The van der Waals surface area contributed by atoms with Crippen LogP contribution in [0.5, 0.6) is 5.75 Å². The number of hydrogen-bond acceptors (Lipinski definition) is 4. The molecule has 4 rings (SSSR count). The van der Waals surface area contributed by atoms with Gasteiger partial charge in [0.25, 0.3) is 5.91 Å². The van der Waals surface area contributed by atoms with Gasteiger partial charge in [0.05, 0.1) is 7.11 Å². The highest BCUT2D eigenvalue weighted by Gasteiger charge is 2.30. The molecular weight excluding hydrogens is 392 g/mol. The van der Waals surface area contributed by atoms with Gasteiger partial charge in [0.15, 0.2) is 0 Å². The fourth-order valence-electron chi connectivity index (χ4n) is 4.07. The fourth-order valence-corrected chi connectivity index (χ4v) is 4.73. The third-order valence-corrected chi connectivity index (χ3v) is 6.49. The summed E-state index contributed by atoms with van der Waals surface area (Å²) in [5.74, 6) is 0.823. The maximum Gasteiger partial charge on any atom is 0.258 e. The molecule has 4 nitrogen and oxygen atoms in total. The Bertz CT molecular complexity index is 961. The Morgan fingerprint density at radius 3 is 2.57 bits per heavy atom. The second kappa shape index (κ2) is 9.45. The largest absolute Gasteiger partial charge is 0.497 e. The molecule has 1 aliphatic rings. The van der Waals surface area contributed by atoms with Gasteiger partial charge in [0, 0.05) is 43.0 Å². The normalized spacial score (nSPS) is 15.1. The van der Waals surface area contributed by atoms with E-state index in [1.54, 1.807) is 18.4 Å². The van der Waals surface area contributed by atoms with Crippen LogP contribution in [0.25, 0.3) is 0 Å². The van der Waals surface area contributed by atoms with Gasteiger partial charge in [-0.2, -0.15) is 11.3 Å². The third-order valence-electron chi connectivity index (χ3n) is 5.76. The number of benzene rings is 2. The molecule has 5 heteroatoms. The van der Waals surface area contributed by atoms with Crippen LogP contribution in [0.2, 0.25) is 0 Å². The van der Waals surface area contributed by atoms with Crippen LogP contribution >= 0.6 is 11.3 Å². The van der Waals surface area contributed by atoms with Gasteiger partial charge in [-0.15, -0.1) is 0 Å². The first-order chi connectivity index (χ1) is 14.6. The number of likely N-dealkylation sites (tertiary alicyclic amines) is 1. The van der Waals surface area contributed by atoms with Gasteiger partial charge in [-0.3, -0.25) is 9.69 Å². The van der Waals surface area contributed by atoms with Gasteiger partial charge in [0.1, 0.15) is 5.75 Å². The number of rotatable bonds is 6. The minimum atomic E-state index is 0.0551. The quantitative estimate of drug-likeness (QED) is 0.537. The van der Waals surface area contributed by atoms with E-state index in [-0.39, 0.29) is 11.9 Å². The van der Waals surface area contributed by atoms with Crippen molar-refractivity contribution in [2.45, 2.75) is 32.4 Å². The average molecular weight is 421 g/mol. The number of hydrogen-bond donors (Lipinski definition) is 0. The average Bonchev–Trinajstić information content (AvgIpc) is 3.29. The van der Waals surface area contributed by atoms with Gasteiger partial charge >= 0.3 is 0 Å². The van der Waals surface area contributed by atoms with Crippen LogP contribution in [-0.4, -0.2) is 37.0 Å². The molecule has 2 aromatic carbocycles. The summed E-state index contributed by atoms with van der Waals surface area (Å²) in [5.41, 5.74) is 4.15. The van der Waals surface area contributed by atoms with Gasteiger partial charge in [0.2, 0.25) is 0 Å². The lowest BCUT2D eigenvalue weighted by Crippen LogP contribution is -2.47. The molecule has 2 heterocycles. The summed E-state index contributed by atoms with van der Waals surface area (Å²) in [7, 11) is 1.66. The Kier molecular flexibility index (Phi) is 6.50. The zero-order chi connectivity index (χ0) is 20.9. The summed E-state index contributed by atoms with van der Waals surface area (Å²) in [5, 5.41) is 4.35. The summed E-state index contributed by atoms with van der Waals surface area (Å²) < 4.78 is 5.42. The van der Waals surface area contributed by atoms with Crippen molar-refractivity contribution in [3.05, 3.63) is 82.0 Å². The Morgan fingerprint density at radius 1 is 1.13 bits per heavy atom. The highest BCUT2D eigenvalue weighted by molar-refractivity contribution is 7.07. The van der Waals surface area contributed by atoms with E-state index in [0.29, 0.717) is 0 Å². The number of piperidine rings is 1. The molecule has 1 aromatic heterocycles. The van der Waals surface area contributed by atoms with Gasteiger partial charge in [-0.05, 0) is 66.4 Å². The lowest BCUT2D eigenvalue weighted by molar-refractivity contribution is 0.0958. The van der Waals surface area contributed by atoms with Crippen molar-refractivity contribution >= 4 is 22.9 Å². The Hall–Kier alpha value is -2.63.